The minimum absolute atomic E-state index is 0.116. The highest BCUT2D eigenvalue weighted by molar-refractivity contribution is 5.75. The summed E-state index contributed by atoms with van der Waals surface area (Å²) in [6.45, 7) is 3.41. The molecule has 0 spiro atoms. The average molecular weight is 267 g/mol. The summed E-state index contributed by atoms with van der Waals surface area (Å²) in [6.07, 6.45) is 7.04. The Hall–Kier alpha value is -0.810. The fourth-order valence-electron chi connectivity index (χ4n) is 3.01. The van der Waals surface area contributed by atoms with E-state index in [-0.39, 0.29) is 12.1 Å². The summed E-state index contributed by atoms with van der Waals surface area (Å²) in [7, 11) is 0. The van der Waals surface area contributed by atoms with Crippen LogP contribution in [0.4, 0.5) is 4.79 Å². The molecular formula is C14H25N3O2. The van der Waals surface area contributed by atoms with E-state index in [0.717, 1.165) is 26.1 Å². The molecule has 108 valence electrons. The molecule has 2 unspecified atom stereocenters. The van der Waals surface area contributed by atoms with Crippen molar-refractivity contribution in [3.05, 3.63) is 0 Å². The van der Waals surface area contributed by atoms with E-state index in [2.05, 4.69) is 15.5 Å². The second-order valence-corrected chi connectivity index (χ2v) is 6.04. The van der Waals surface area contributed by atoms with Crippen LogP contribution >= 0.6 is 0 Å². The average Bonchev–Trinajstić information content (AvgIpc) is 3.15. The number of amides is 2. The van der Waals surface area contributed by atoms with Crippen LogP contribution in [0.25, 0.3) is 0 Å². The van der Waals surface area contributed by atoms with Gasteiger partial charge in [-0.3, -0.25) is 0 Å². The number of urea groups is 1. The van der Waals surface area contributed by atoms with Gasteiger partial charge < -0.3 is 20.3 Å². The van der Waals surface area contributed by atoms with Crippen LogP contribution in [0.3, 0.4) is 0 Å². The van der Waals surface area contributed by atoms with E-state index in [1.807, 2.05) is 0 Å². The molecule has 0 aromatic heterocycles. The fraction of sp³-hybridized carbons (Fsp3) is 0.929. The quantitative estimate of drug-likeness (QED) is 0.802. The summed E-state index contributed by atoms with van der Waals surface area (Å²) in [5.74, 6) is 0. The Morgan fingerprint density at radius 3 is 2.79 bits per heavy atom. The third-order valence-corrected chi connectivity index (χ3v) is 4.34. The lowest BCUT2D eigenvalue weighted by Crippen LogP contribution is -2.51. The topological polar surface area (TPSA) is 53.6 Å². The number of ether oxygens (including phenoxy) is 1. The largest absolute Gasteiger partial charge is 0.379 e. The molecule has 1 aliphatic carbocycles. The van der Waals surface area contributed by atoms with Crippen molar-refractivity contribution in [1.82, 2.24) is 15.5 Å². The van der Waals surface area contributed by atoms with Gasteiger partial charge in [-0.15, -0.1) is 0 Å². The predicted molar refractivity (Wildman–Crippen MR) is 73.1 cm³/mol. The fourth-order valence-corrected chi connectivity index (χ4v) is 3.01. The molecule has 3 aliphatic rings. The standard InChI is InChI=1S/C14H25N3O2/c18-14(16-12-6-8-19-10-12)17(13-4-5-13)9-11-3-1-2-7-15-11/h11-13,15H,1-10H2,(H,16,18). The molecule has 2 saturated heterocycles. The number of hydrogen-bond acceptors (Lipinski definition) is 3. The molecule has 0 aromatic carbocycles. The van der Waals surface area contributed by atoms with Gasteiger partial charge in [-0.05, 0) is 38.6 Å². The van der Waals surface area contributed by atoms with Crippen LogP contribution in [-0.4, -0.2) is 55.4 Å². The summed E-state index contributed by atoms with van der Waals surface area (Å²) in [4.78, 5) is 14.4. The maximum absolute atomic E-state index is 12.4. The molecule has 2 amide bonds. The number of nitrogens with one attached hydrogen (secondary N) is 2. The second kappa shape index (κ2) is 6.09. The van der Waals surface area contributed by atoms with Crippen LogP contribution in [0.2, 0.25) is 0 Å². The number of nitrogens with zero attached hydrogens (tertiary/aromatic N) is 1. The number of carbonyl (C=O) groups excluding carboxylic acids is 1. The van der Waals surface area contributed by atoms with Crippen molar-refractivity contribution in [1.29, 1.82) is 0 Å². The van der Waals surface area contributed by atoms with E-state index in [1.54, 1.807) is 0 Å². The summed E-state index contributed by atoms with van der Waals surface area (Å²) >= 11 is 0. The number of hydrogen-bond donors (Lipinski definition) is 2. The van der Waals surface area contributed by atoms with Crippen LogP contribution in [-0.2, 0) is 4.74 Å². The lowest BCUT2D eigenvalue weighted by molar-refractivity contribution is 0.170. The van der Waals surface area contributed by atoms with Gasteiger partial charge in [0.1, 0.15) is 0 Å². The Kier molecular flexibility index (Phi) is 4.23. The Labute approximate surface area is 115 Å². The molecule has 0 bridgehead atoms. The zero-order valence-corrected chi connectivity index (χ0v) is 11.6. The van der Waals surface area contributed by atoms with Crippen molar-refractivity contribution in [3.63, 3.8) is 0 Å². The van der Waals surface area contributed by atoms with E-state index < -0.39 is 0 Å². The van der Waals surface area contributed by atoms with E-state index in [1.165, 1.54) is 32.1 Å². The monoisotopic (exact) mass is 267 g/mol. The Balaban J connectivity index is 1.52. The van der Waals surface area contributed by atoms with Gasteiger partial charge in [0.15, 0.2) is 0 Å². The number of carbonyl (C=O) groups is 1. The van der Waals surface area contributed by atoms with Gasteiger partial charge in [0.25, 0.3) is 0 Å². The van der Waals surface area contributed by atoms with E-state index in [4.69, 9.17) is 4.74 Å². The molecule has 2 atom stereocenters. The van der Waals surface area contributed by atoms with Gasteiger partial charge in [0, 0.05) is 25.2 Å². The van der Waals surface area contributed by atoms with Crippen molar-refractivity contribution >= 4 is 6.03 Å². The zero-order chi connectivity index (χ0) is 13.1. The molecule has 0 radical (unpaired) electrons. The first-order valence-electron chi connectivity index (χ1n) is 7.71. The van der Waals surface area contributed by atoms with Gasteiger partial charge in [0.05, 0.1) is 12.6 Å². The molecule has 3 fully saturated rings. The molecule has 2 aliphatic heterocycles. The normalized spacial score (nSPS) is 31.2. The van der Waals surface area contributed by atoms with Gasteiger partial charge in [-0.1, -0.05) is 6.42 Å². The van der Waals surface area contributed by atoms with Crippen molar-refractivity contribution in [2.24, 2.45) is 0 Å². The first kappa shape index (κ1) is 13.2. The van der Waals surface area contributed by atoms with Gasteiger partial charge in [-0.2, -0.15) is 0 Å². The zero-order valence-electron chi connectivity index (χ0n) is 11.6. The minimum Gasteiger partial charge on any atom is -0.379 e. The SMILES string of the molecule is O=C(NC1CCOC1)N(CC1CCCCN1)C1CC1. The van der Waals surface area contributed by atoms with Gasteiger partial charge >= 0.3 is 6.03 Å². The summed E-state index contributed by atoms with van der Waals surface area (Å²) in [5, 5.41) is 6.66. The van der Waals surface area contributed by atoms with Crippen LogP contribution in [0, 0.1) is 0 Å². The molecule has 5 nitrogen and oxygen atoms in total. The molecule has 3 rings (SSSR count). The van der Waals surface area contributed by atoms with Gasteiger partial charge in [-0.25, -0.2) is 4.79 Å². The van der Waals surface area contributed by atoms with E-state index in [0.29, 0.717) is 18.7 Å². The van der Waals surface area contributed by atoms with Crippen LogP contribution in [0.5, 0.6) is 0 Å². The molecule has 1 saturated carbocycles. The van der Waals surface area contributed by atoms with Gasteiger partial charge in [0.2, 0.25) is 0 Å². The summed E-state index contributed by atoms with van der Waals surface area (Å²) in [6, 6.07) is 1.30. The highest BCUT2D eigenvalue weighted by Gasteiger charge is 2.35. The highest BCUT2D eigenvalue weighted by atomic mass is 16.5. The second-order valence-electron chi connectivity index (χ2n) is 6.04. The molecule has 2 heterocycles. The lowest BCUT2D eigenvalue weighted by Gasteiger charge is -2.31. The maximum Gasteiger partial charge on any atom is 0.318 e. The van der Waals surface area contributed by atoms with E-state index >= 15 is 0 Å². The van der Waals surface area contributed by atoms with E-state index in [9.17, 15) is 4.79 Å². The molecule has 2 N–H and O–H groups in total. The third-order valence-electron chi connectivity index (χ3n) is 4.34. The van der Waals surface area contributed by atoms with Crippen molar-refractivity contribution < 1.29 is 9.53 Å². The molecular weight excluding hydrogens is 242 g/mol. The predicted octanol–water partition coefficient (Wildman–Crippen LogP) is 1.09. The summed E-state index contributed by atoms with van der Waals surface area (Å²) < 4.78 is 5.32. The van der Waals surface area contributed by atoms with Crippen molar-refractivity contribution in [3.8, 4) is 0 Å². The Morgan fingerprint density at radius 1 is 1.26 bits per heavy atom. The third kappa shape index (κ3) is 3.60. The highest BCUT2D eigenvalue weighted by Crippen LogP contribution is 2.28. The van der Waals surface area contributed by atoms with Crippen LogP contribution in [0.15, 0.2) is 0 Å². The van der Waals surface area contributed by atoms with Crippen molar-refractivity contribution in [2.45, 2.75) is 56.7 Å². The maximum atomic E-state index is 12.4. The first-order valence-corrected chi connectivity index (χ1v) is 7.71. The molecule has 5 heteroatoms. The van der Waals surface area contributed by atoms with Crippen LogP contribution < -0.4 is 10.6 Å². The smallest absolute Gasteiger partial charge is 0.318 e. The lowest BCUT2D eigenvalue weighted by atomic mass is 10.0. The number of piperidine rings is 1. The minimum atomic E-state index is 0.116. The first-order chi connectivity index (χ1) is 9.33. The van der Waals surface area contributed by atoms with Crippen molar-refractivity contribution in [2.75, 3.05) is 26.3 Å². The molecule has 0 aromatic rings. The summed E-state index contributed by atoms with van der Waals surface area (Å²) in [5.41, 5.74) is 0. The van der Waals surface area contributed by atoms with Crippen LogP contribution in [0.1, 0.15) is 38.5 Å². The Morgan fingerprint density at radius 2 is 2.16 bits per heavy atom. The Bertz CT molecular complexity index is 308. The number of rotatable bonds is 4. The molecule has 19 heavy (non-hydrogen) atoms.